The third-order valence-electron chi connectivity index (χ3n) is 14.6. The fraction of sp³-hybridized carbons (Fsp3) is 0.0625. The van der Waals surface area contributed by atoms with Crippen molar-refractivity contribution in [3.63, 3.8) is 0 Å². The summed E-state index contributed by atoms with van der Waals surface area (Å²) < 4.78 is 6.57. The molecule has 0 amide bonds. The predicted octanol–water partition coefficient (Wildman–Crippen LogP) is 17.1. The number of hydrogen-bond acceptors (Lipinski definition) is 2. The quantitative estimate of drug-likeness (QED) is 0.159. The Bertz CT molecular complexity index is 3640. The first kappa shape index (κ1) is 38.3. The molecule has 1 heterocycles. The molecule has 66 heavy (non-hydrogen) atoms. The zero-order chi connectivity index (χ0) is 44.0. The summed E-state index contributed by atoms with van der Waals surface area (Å²) in [6.45, 7) is 4.75. The SMILES string of the molecule is CC1(C)c2ccccc2-c2ccc(N(c3cc(-c4ccccc4)ccc3-c3cccc4oc5ccccc5c34)c3cccc4c3-c3ccccc3C4(c3ccccc3)c3ccccc3)cc21. The van der Waals surface area contributed by atoms with Crippen LogP contribution in [0.25, 0.3) is 66.4 Å². The summed E-state index contributed by atoms with van der Waals surface area (Å²) in [5.74, 6) is 0. The van der Waals surface area contributed by atoms with Gasteiger partial charge < -0.3 is 9.32 Å². The van der Waals surface area contributed by atoms with Crippen LogP contribution >= 0.6 is 0 Å². The fourth-order valence-electron chi connectivity index (χ4n) is 11.7. The molecule has 13 rings (SSSR count). The molecular weight excluding hydrogens is 799 g/mol. The Balaban J connectivity index is 1.17. The van der Waals surface area contributed by atoms with E-state index in [0.717, 1.165) is 55.7 Å². The monoisotopic (exact) mass is 843 g/mol. The summed E-state index contributed by atoms with van der Waals surface area (Å²) in [5, 5.41) is 2.22. The van der Waals surface area contributed by atoms with E-state index in [-0.39, 0.29) is 5.41 Å². The topological polar surface area (TPSA) is 16.4 Å². The zero-order valence-electron chi connectivity index (χ0n) is 36.9. The zero-order valence-corrected chi connectivity index (χ0v) is 36.9. The lowest BCUT2D eigenvalue weighted by Gasteiger charge is -2.35. The van der Waals surface area contributed by atoms with Gasteiger partial charge in [-0.25, -0.2) is 0 Å². The van der Waals surface area contributed by atoms with Gasteiger partial charge in [0, 0.05) is 33.0 Å². The number of nitrogens with zero attached hydrogens (tertiary/aromatic N) is 1. The molecule has 0 saturated heterocycles. The van der Waals surface area contributed by atoms with Gasteiger partial charge in [0.15, 0.2) is 0 Å². The molecule has 0 aliphatic heterocycles. The molecule has 2 aliphatic rings. The number of rotatable bonds is 7. The lowest BCUT2D eigenvalue weighted by molar-refractivity contribution is 0.660. The summed E-state index contributed by atoms with van der Waals surface area (Å²) in [6, 6.07) is 87.2. The Morgan fingerprint density at radius 3 is 1.71 bits per heavy atom. The first-order valence-electron chi connectivity index (χ1n) is 23.0. The van der Waals surface area contributed by atoms with Crippen molar-refractivity contribution in [1.82, 2.24) is 0 Å². The number of anilines is 3. The molecule has 312 valence electrons. The van der Waals surface area contributed by atoms with Crippen molar-refractivity contribution in [1.29, 1.82) is 0 Å². The Kier molecular flexibility index (Phi) is 8.51. The van der Waals surface area contributed by atoms with Gasteiger partial charge in [-0.15, -0.1) is 0 Å². The summed E-state index contributed by atoms with van der Waals surface area (Å²) in [7, 11) is 0. The van der Waals surface area contributed by atoms with Gasteiger partial charge in [-0.05, 0) is 103 Å². The maximum absolute atomic E-state index is 6.57. The average Bonchev–Trinajstić information content (AvgIpc) is 3.99. The van der Waals surface area contributed by atoms with Crippen molar-refractivity contribution in [2.75, 3.05) is 4.90 Å². The van der Waals surface area contributed by atoms with Crippen LogP contribution in [0.5, 0.6) is 0 Å². The summed E-state index contributed by atoms with van der Waals surface area (Å²) in [5.41, 5.74) is 21.7. The van der Waals surface area contributed by atoms with Gasteiger partial charge >= 0.3 is 0 Å². The number of fused-ring (bicyclic) bond motifs is 9. The first-order chi connectivity index (χ1) is 32.5. The van der Waals surface area contributed by atoms with Crippen LogP contribution in [-0.2, 0) is 10.8 Å². The highest BCUT2D eigenvalue weighted by molar-refractivity contribution is 6.14. The lowest BCUT2D eigenvalue weighted by atomic mass is 9.68. The van der Waals surface area contributed by atoms with E-state index in [1.807, 2.05) is 0 Å². The maximum atomic E-state index is 6.57. The van der Waals surface area contributed by atoms with E-state index in [9.17, 15) is 0 Å². The molecule has 2 nitrogen and oxygen atoms in total. The second kappa shape index (κ2) is 14.7. The minimum Gasteiger partial charge on any atom is -0.456 e. The largest absolute Gasteiger partial charge is 0.456 e. The van der Waals surface area contributed by atoms with Crippen LogP contribution in [0.2, 0.25) is 0 Å². The van der Waals surface area contributed by atoms with E-state index < -0.39 is 5.41 Å². The molecule has 2 heteroatoms. The molecule has 0 spiro atoms. The third-order valence-corrected chi connectivity index (χ3v) is 14.6. The first-order valence-corrected chi connectivity index (χ1v) is 23.0. The minimum absolute atomic E-state index is 0.204. The normalized spacial score (nSPS) is 13.8. The van der Waals surface area contributed by atoms with Gasteiger partial charge in [0.1, 0.15) is 11.2 Å². The highest BCUT2D eigenvalue weighted by Gasteiger charge is 2.47. The smallest absolute Gasteiger partial charge is 0.136 e. The molecule has 10 aromatic carbocycles. The Hall–Kier alpha value is -8.20. The van der Waals surface area contributed by atoms with E-state index in [0.29, 0.717) is 0 Å². The van der Waals surface area contributed by atoms with Gasteiger partial charge in [0.2, 0.25) is 0 Å². The minimum atomic E-state index is -0.562. The van der Waals surface area contributed by atoms with Crippen LogP contribution in [0.3, 0.4) is 0 Å². The molecule has 1 aromatic heterocycles. The molecular formula is C64H45NO. The van der Waals surface area contributed by atoms with Gasteiger partial charge in [-0.2, -0.15) is 0 Å². The van der Waals surface area contributed by atoms with Crippen LogP contribution in [0.4, 0.5) is 17.1 Å². The predicted molar refractivity (Wildman–Crippen MR) is 274 cm³/mol. The molecule has 0 saturated carbocycles. The number of hydrogen-bond donors (Lipinski definition) is 0. The van der Waals surface area contributed by atoms with Crippen molar-refractivity contribution >= 4 is 39.0 Å². The molecule has 0 bridgehead atoms. The van der Waals surface area contributed by atoms with E-state index in [4.69, 9.17) is 4.42 Å². The van der Waals surface area contributed by atoms with Gasteiger partial charge in [-0.1, -0.05) is 214 Å². The molecule has 0 fully saturated rings. The number of para-hydroxylation sites is 1. The number of benzene rings is 10. The summed E-state index contributed by atoms with van der Waals surface area (Å²) in [4.78, 5) is 2.57. The van der Waals surface area contributed by atoms with Crippen molar-refractivity contribution in [3.8, 4) is 44.5 Å². The second-order valence-corrected chi connectivity index (χ2v) is 18.3. The third kappa shape index (κ3) is 5.48. The second-order valence-electron chi connectivity index (χ2n) is 18.3. The standard InChI is InChI=1S/C64H45NO/c1-63(2)53-30-15-12-26-47(53)48-39-37-46(41-56(48)63)65(57-33-19-32-55-62(57)51-27-13-16-31-54(51)64(55,44-22-8-4-9-23-44)45-24-10-5-11-25-45)58-40-43(42-20-6-3-7-21-42)36-38-49(58)50-29-18-35-60-61(50)52-28-14-17-34-59(52)66-60/h3-41H,1-2H3. The average molecular weight is 844 g/mol. The van der Waals surface area contributed by atoms with Crippen molar-refractivity contribution < 1.29 is 4.42 Å². The fourth-order valence-corrected chi connectivity index (χ4v) is 11.7. The summed E-state index contributed by atoms with van der Waals surface area (Å²) >= 11 is 0. The van der Waals surface area contributed by atoms with Crippen LogP contribution in [-0.4, -0.2) is 0 Å². The summed E-state index contributed by atoms with van der Waals surface area (Å²) in [6.07, 6.45) is 0. The van der Waals surface area contributed by atoms with Gasteiger partial charge in [0.25, 0.3) is 0 Å². The van der Waals surface area contributed by atoms with Gasteiger partial charge in [-0.3, -0.25) is 0 Å². The van der Waals surface area contributed by atoms with Crippen molar-refractivity contribution in [3.05, 3.63) is 270 Å². The maximum Gasteiger partial charge on any atom is 0.136 e. The van der Waals surface area contributed by atoms with Crippen LogP contribution in [0, 0.1) is 0 Å². The Morgan fingerprint density at radius 1 is 0.364 bits per heavy atom. The lowest BCUT2D eigenvalue weighted by Crippen LogP contribution is -2.28. The van der Waals surface area contributed by atoms with Crippen molar-refractivity contribution in [2.45, 2.75) is 24.7 Å². The Morgan fingerprint density at radius 2 is 0.939 bits per heavy atom. The van der Waals surface area contributed by atoms with E-state index >= 15 is 0 Å². The highest BCUT2D eigenvalue weighted by atomic mass is 16.3. The van der Waals surface area contributed by atoms with E-state index in [1.165, 1.54) is 61.2 Å². The van der Waals surface area contributed by atoms with E-state index in [2.05, 4.69) is 255 Å². The molecule has 0 N–H and O–H groups in total. The van der Waals surface area contributed by atoms with Gasteiger partial charge in [0.05, 0.1) is 16.8 Å². The molecule has 2 aliphatic carbocycles. The molecule has 0 atom stereocenters. The van der Waals surface area contributed by atoms with Crippen LogP contribution in [0.15, 0.2) is 241 Å². The van der Waals surface area contributed by atoms with E-state index in [1.54, 1.807) is 0 Å². The van der Waals surface area contributed by atoms with Crippen LogP contribution in [0.1, 0.15) is 47.2 Å². The van der Waals surface area contributed by atoms with Crippen molar-refractivity contribution in [2.24, 2.45) is 0 Å². The molecule has 11 aromatic rings. The Labute approximate surface area is 385 Å². The molecule has 0 radical (unpaired) electrons. The van der Waals surface area contributed by atoms with Crippen LogP contribution < -0.4 is 4.90 Å². The molecule has 0 unspecified atom stereocenters. The number of furan rings is 1. The highest BCUT2D eigenvalue weighted by Crippen LogP contribution is 2.61.